The van der Waals surface area contributed by atoms with Gasteiger partial charge in [-0.15, -0.1) is 0 Å². The maximum absolute atomic E-state index is 5.56. The van der Waals surface area contributed by atoms with Crippen LogP contribution in [-0.2, 0) is 11.3 Å². The van der Waals surface area contributed by atoms with Crippen molar-refractivity contribution in [2.75, 3.05) is 27.0 Å². The number of methoxy groups -OCH3 is 1. The second kappa shape index (κ2) is 5.16. The molecule has 1 fully saturated rings. The summed E-state index contributed by atoms with van der Waals surface area (Å²) in [6, 6.07) is 4.21. The van der Waals surface area contributed by atoms with E-state index in [-0.39, 0.29) is 0 Å². The molecule has 4 nitrogen and oxygen atoms in total. The van der Waals surface area contributed by atoms with Crippen molar-refractivity contribution >= 4 is 0 Å². The molecular formula is C14H19NO3. The summed E-state index contributed by atoms with van der Waals surface area (Å²) in [4.78, 5) is 0. The Morgan fingerprint density at radius 2 is 2.11 bits per heavy atom. The Bertz CT molecular complexity index is 427. The van der Waals surface area contributed by atoms with Gasteiger partial charge in [0.1, 0.15) is 11.5 Å². The number of piperidine rings is 1. The first kappa shape index (κ1) is 11.8. The third-order valence-electron chi connectivity index (χ3n) is 3.75. The topological polar surface area (TPSA) is 39.7 Å². The Morgan fingerprint density at radius 3 is 2.89 bits per heavy atom. The standard InChI is InChI=1S/C14H19NO3/c1-16-14-6-11-8-17-9-18-13(11)7-12(14)10-2-4-15-5-3-10/h6-7,10,15H,2-5,8-9H2,1H3. The Morgan fingerprint density at radius 1 is 1.28 bits per heavy atom. The van der Waals surface area contributed by atoms with E-state index in [1.165, 1.54) is 5.56 Å². The van der Waals surface area contributed by atoms with Crippen LogP contribution in [-0.4, -0.2) is 27.0 Å². The fourth-order valence-corrected chi connectivity index (χ4v) is 2.75. The van der Waals surface area contributed by atoms with E-state index < -0.39 is 0 Å². The van der Waals surface area contributed by atoms with E-state index in [4.69, 9.17) is 14.2 Å². The van der Waals surface area contributed by atoms with Crippen molar-refractivity contribution in [1.29, 1.82) is 0 Å². The molecule has 0 bridgehead atoms. The molecule has 0 atom stereocenters. The predicted molar refractivity (Wildman–Crippen MR) is 68.1 cm³/mol. The highest BCUT2D eigenvalue weighted by Crippen LogP contribution is 2.38. The van der Waals surface area contributed by atoms with Gasteiger partial charge in [-0.1, -0.05) is 0 Å². The summed E-state index contributed by atoms with van der Waals surface area (Å²) in [6.07, 6.45) is 2.32. The van der Waals surface area contributed by atoms with Crippen molar-refractivity contribution in [3.8, 4) is 11.5 Å². The number of hydrogen-bond donors (Lipinski definition) is 1. The lowest BCUT2D eigenvalue weighted by atomic mass is 9.88. The van der Waals surface area contributed by atoms with E-state index >= 15 is 0 Å². The highest BCUT2D eigenvalue weighted by atomic mass is 16.7. The molecule has 0 saturated carbocycles. The zero-order valence-corrected chi connectivity index (χ0v) is 10.7. The molecule has 0 unspecified atom stereocenters. The minimum absolute atomic E-state index is 0.352. The first-order valence-corrected chi connectivity index (χ1v) is 6.50. The molecule has 0 amide bonds. The number of benzene rings is 1. The van der Waals surface area contributed by atoms with Gasteiger partial charge in [-0.3, -0.25) is 0 Å². The van der Waals surface area contributed by atoms with E-state index in [1.54, 1.807) is 7.11 Å². The van der Waals surface area contributed by atoms with Crippen molar-refractivity contribution in [1.82, 2.24) is 5.32 Å². The summed E-state index contributed by atoms with van der Waals surface area (Å²) < 4.78 is 16.4. The van der Waals surface area contributed by atoms with Gasteiger partial charge in [0.2, 0.25) is 0 Å². The maximum atomic E-state index is 5.56. The maximum Gasteiger partial charge on any atom is 0.189 e. The van der Waals surface area contributed by atoms with Gasteiger partial charge in [0.05, 0.1) is 13.7 Å². The summed E-state index contributed by atoms with van der Waals surface area (Å²) in [7, 11) is 1.73. The summed E-state index contributed by atoms with van der Waals surface area (Å²) in [5, 5.41) is 3.39. The van der Waals surface area contributed by atoms with E-state index in [0.29, 0.717) is 19.3 Å². The van der Waals surface area contributed by atoms with Crippen molar-refractivity contribution in [2.24, 2.45) is 0 Å². The molecule has 4 heteroatoms. The highest BCUT2D eigenvalue weighted by molar-refractivity contribution is 5.48. The van der Waals surface area contributed by atoms with Crippen molar-refractivity contribution in [3.05, 3.63) is 23.3 Å². The largest absolute Gasteiger partial charge is 0.496 e. The van der Waals surface area contributed by atoms with E-state index in [2.05, 4.69) is 17.4 Å². The molecule has 1 saturated heterocycles. The lowest BCUT2D eigenvalue weighted by molar-refractivity contribution is -0.0166. The van der Waals surface area contributed by atoms with Gasteiger partial charge in [-0.2, -0.15) is 0 Å². The summed E-state index contributed by atoms with van der Waals surface area (Å²) in [6.45, 7) is 3.12. The van der Waals surface area contributed by atoms with Gasteiger partial charge in [0.15, 0.2) is 6.79 Å². The lowest BCUT2D eigenvalue weighted by Gasteiger charge is -2.27. The smallest absolute Gasteiger partial charge is 0.189 e. The van der Waals surface area contributed by atoms with Crippen molar-refractivity contribution in [3.63, 3.8) is 0 Å². The van der Waals surface area contributed by atoms with Crippen molar-refractivity contribution < 1.29 is 14.2 Å². The fraction of sp³-hybridized carbons (Fsp3) is 0.571. The Hall–Kier alpha value is -1.26. The quantitative estimate of drug-likeness (QED) is 0.870. The van der Waals surface area contributed by atoms with Gasteiger partial charge in [-0.25, -0.2) is 0 Å². The van der Waals surface area contributed by atoms with E-state index in [1.807, 2.05) is 0 Å². The second-order valence-electron chi connectivity index (χ2n) is 4.84. The monoisotopic (exact) mass is 249 g/mol. The van der Waals surface area contributed by atoms with Gasteiger partial charge in [-0.05, 0) is 44.0 Å². The van der Waals surface area contributed by atoms with Gasteiger partial charge >= 0.3 is 0 Å². The molecule has 98 valence electrons. The molecule has 1 N–H and O–H groups in total. The molecule has 0 aliphatic carbocycles. The third kappa shape index (κ3) is 2.18. The molecule has 2 aliphatic heterocycles. The molecule has 3 rings (SSSR count). The fourth-order valence-electron chi connectivity index (χ4n) is 2.75. The number of rotatable bonds is 2. The first-order valence-electron chi connectivity index (χ1n) is 6.50. The minimum atomic E-state index is 0.352. The number of hydrogen-bond acceptors (Lipinski definition) is 4. The van der Waals surface area contributed by atoms with Crippen LogP contribution < -0.4 is 14.8 Å². The van der Waals surface area contributed by atoms with Crippen LogP contribution in [0.4, 0.5) is 0 Å². The summed E-state index contributed by atoms with van der Waals surface area (Å²) >= 11 is 0. The molecule has 2 heterocycles. The van der Waals surface area contributed by atoms with Crippen LogP contribution >= 0.6 is 0 Å². The summed E-state index contributed by atoms with van der Waals surface area (Å²) in [5.41, 5.74) is 2.36. The summed E-state index contributed by atoms with van der Waals surface area (Å²) in [5.74, 6) is 2.49. The molecule has 0 aromatic heterocycles. The zero-order valence-electron chi connectivity index (χ0n) is 10.7. The average Bonchev–Trinajstić information content (AvgIpc) is 2.46. The van der Waals surface area contributed by atoms with Crippen LogP contribution in [0.1, 0.15) is 29.9 Å². The van der Waals surface area contributed by atoms with Crippen LogP contribution in [0.3, 0.4) is 0 Å². The van der Waals surface area contributed by atoms with Gasteiger partial charge in [0, 0.05) is 11.1 Å². The van der Waals surface area contributed by atoms with Crippen LogP contribution in [0.2, 0.25) is 0 Å². The Labute approximate surface area is 107 Å². The Kier molecular flexibility index (Phi) is 3.39. The predicted octanol–water partition coefficient (Wildman–Crippen LogP) is 2.03. The van der Waals surface area contributed by atoms with Crippen molar-refractivity contribution in [2.45, 2.75) is 25.4 Å². The van der Waals surface area contributed by atoms with Gasteiger partial charge < -0.3 is 19.5 Å². The molecule has 0 radical (unpaired) electrons. The molecule has 1 aromatic rings. The zero-order chi connectivity index (χ0) is 12.4. The lowest BCUT2D eigenvalue weighted by Crippen LogP contribution is -2.27. The van der Waals surface area contributed by atoms with Crippen LogP contribution in [0.5, 0.6) is 11.5 Å². The molecule has 18 heavy (non-hydrogen) atoms. The third-order valence-corrected chi connectivity index (χ3v) is 3.75. The second-order valence-corrected chi connectivity index (χ2v) is 4.84. The molecule has 1 aromatic carbocycles. The number of nitrogens with one attached hydrogen (secondary N) is 1. The Balaban J connectivity index is 1.95. The molecule has 0 spiro atoms. The minimum Gasteiger partial charge on any atom is -0.496 e. The normalized spacial score (nSPS) is 20.1. The molecular weight excluding hydrogens is 230 g/mol. The number of fused-ring (bicyclic) bond motifs is 1. The average molecular weight is 249 g/mol. The highest BCUT2D eigenvalue weighted by Gasteiger charge is 2.22. The van der Waals surface area contributed by atoms with Gasteiger partial charge in [0.25, 0.3) is 0 Å². The van der Waals surface area contributed by atoms with Crippen LogP contribution in [0.25, 0.3) is 0 Å². The SMILES string of the molecule is COc1cc2c(cc1C1CCNCC1)OCOC2. The number of ether oxygens (including phenoxy) is 3. The van der Waals surface area contributed by atoms with Crippen LogP contribution in [0, 0.1) is 0 Å². The first-order chi connectivity index (χ1) is 8.88. The van der Waals surface area contributed by atoms with E-state index in [0.717, 1.165) is 43.0 Å². The van der Waals surface area contributed by atoms with E-state index in [9.17, 15) is 0 Å². The molecule has 2 aliphatic rings. The van der Waals surface area contributed by atoms with Crippen LogP contribution in [0.15, 0.2) is 12.1 Å².